The Morgan fingerprint density at radius 2 is 0.833 bits per heavy atom. The van der Waals surface area contributed by atoms with Crippen LogP contribution in [0.25, 0.3) is 127 Å². The van der Waals surface area contributed by atoms with Crippen molar-refractivity contribution in [3.05, 3.63) is 194 Å². The molecule has 0 bridgehead atoms. The van der Waals surface area contributed by atoms with E-state index in [9.17, 15) is 0 Å². The molecule has 0 N–H and O–H groups in total. The van der Waals surface area contributed by atoms with Gasteiger partial charge in [-0.25, -0.2) is 15.0 Å². The third kappa shape index (κ3) is 4.84. The molecule has 3 heterocycles. The molecular weight excluding hydrogens is 733 g/mol. The minimum atomic E-state index is 0.559. The average Bonchev–Trinajstić information content (AvgIpc) is 3.85. The summed E-state index contributed by atoms with van der Waals surface area (Å²) in [5, 5.41) is 13.5. The fourth-order valence-electron chi connectivity index (χ4n) is 9.45. The summed E-state index contributed by atoms with van der Waals surface area (Å²) in [5.41, 5.74) is 7.38. The van der Waals surface area contributed by atoms with Gasteiger partial charge in [0.1, 0.15) is 11.3 Å². The molecule has 0 saturated heterocycles. The van der Waals surface area contributed by atoms with Gasteiger partial charge < -0.3 is 8.98 Å². The number of nitrogens with zero attached hydrogens (tertiary/aromatic N) is 4. The SMILES string of the molecule is c1ccc2cc3c(cc2c1)c1ccc2ccccc2c1n3-c1c(-c2nc(-c3cccc4ccccc34)nc(-c3cccc4ccccc34)n2)ccc2c1oc1ccccc12. The summed E-state index contributed by atoms with van der Waals surface area (Å²) in [5.74, 6) is 1.77. The summed E-state index contributed by atoms with van der Waals surface area (Å²) >= 11 is 0. The van der Waals surface area contributed by atoms with Gasteiger partial charge in [-0.2, -0.15) is 0 Å². The average molecular weight is 765 g/mol. The number of hydrogen-bond donors (Lipinski definition) is 0. The van der Waals surface area contributed by atoms with Crippen molar-refractivity contribution >= 4 is 86.8 Å². The van der Waals surface area contributed by atoms with Crippen LogP contribution < -0.4 is 0 Å². The van der Waals surface area contributed by atoms with Crippen LogP contribution in [0.1, 0.15) is 0 Å². The van der Waals surface area contributed by atoms with Crippen LogP contribution in [-0.2, 0) is 0 Å². The Kier molecular flexibility index (Phi) is 6.95. The molecule has 0 spiro atoms. The number of aromatic nitrogens is 4. The molecule has 0 atom stereocenters. The Morgan fingerprint density at radius 1 is 0.333 bits per heavy atom. The minimum absolute atomic E-state index is 0.559. The third-order valence-electron chi connectivity index (χ3n) is 12.2. The Morgan fingerprint density at radius 3 is 1.50 bits per heavy atom. The predicted molar refractivity (Wildman–Crippen MR) is 248 cm³/mol. The molecule has 60 heavy (non-hydrogen) atoms. The number of rotatable bonds is 4. The van der Waals surface area contributed by atoms with E-state index in [1.807, 2.05) is 12.1 Å². The van der Waals surface area contributed by atoms with E-state index in [0.29, 0.717) is 17.5 Å². The van der Waals surface area contributed by atoms with E-state index in [1.54, 1.807) is 0 Å². The molecule has 13 aromatic rings. The van der Waals surface area contributed by atoms with Gasteiger partial charge in [-0.05, 0) is 68.0 Å². The van der Waals surface area contributed by atoms with Crippen LogP contribution in [0.5, 0.6) is 0 Å². The van der Waals surface area contributed by atoms with Crippen molar-refractivity contribution in [1.29, 1.82) is 0 Å². The Hall–Kier alpha value is -8.15. The van der Waals surface area contributed by atoms with Gasteiger partial charge in [0.25, 0.3) is 0 Å². The van der Waals surface area contributed by atoms with Crippen molar-refractivity contribution in [2.24, 2.45) is 0 Å². The van der Waals surface area contributed by atoms with Crippen molar-refractivity contribution in [3.63, 3.8) is 0 Å². The van der Waals surface area contributed by atoms with Gasteiger partial charge in [0.15, 0.2) is 23.1 Å². The van der Waals surface area contributed by atoms with Gasteiger partial charge in [-0.3, -0.25) is 0 Å². The molecule has 0 saturated carbocycles. The Balaban J connectivity index is 1.22. The van der Waals surface area contributed by atoms with Crippen LogP contribution in [0.4, 0.5) is 0 Å². The van der Waals surface area contributed by atoms with Crippen LogP contribution in [0.2, 0.25) is 0 Å². The van der Waals surface area contributed by atoms with Gasteiger partial charge in [0, 0.05) is 43.6 Å². The molecule has 10 aromatic carbocycles. The van der Waals surface area contributed by atoms with Crippen LogP contribution >= 0.6 is 0 Å². The molecule has 0 fully saturated rings. The zero-order valence-electron chi connectivity index (χ0n) is 32.2. The summed E-state index contributed by atoms with van der Waals surface area (Å²) in [7, 11) is 0. The smallest absolute Gasteiger partial charge is 0.166 e. The van der Waals surface area contributed by atoms with Gasteiger partial charge >= 0.3 is 0 Å². The molecule has 5 nitrogen and oxygen atoms in total. The van der Waals surface area contributed by atoms with E-state index >= 15 is 0 Å². The quantitative estimate of drug-likeness (QED) is 0.179. The highest BCUT2D eigenvalue weighted by molar-refractivity contribution is 6.22. The first-order chi connectivity index (χ1) is 29.7. The summed E-state index contributed by atoms with van der Waals surface area (Å²) in [4.78, 5) is 16.2. The highest BCUT2D eigenvalue weighted by atomic mass is 16.3. The number of fused-ring (bicyclic) bond motifs is 11. The maximum atomic E-state index is 7.02. The second kappa shape index (κ2) is 12.7. The van der Waals surface area contributed by atoms with Crippen molar-refractivity contribution in [3.8, 4) is 39.9 Å². The summed E-state index contributed by atoms with van der Waals surface area (Å²) in [6.07, 6.45) is 0. The number of benzene rings is 10. The predicted octanol–water partition coefficient (Wildman–Crippen LogP) is 14.5. The van der Waals surface area contributed by atoms with Gasteiger partial charge in [-0.1, -0.05) is 164 Å². The molecule has 0 amide bonds. The largest absolute Gasteiger partial charge is 0.454 e. The highest BCUT2D eigenvalue weighted by Crippen LogP contribution is 2.45. The molecule has 278 valence electrons. The zero-order valence-corrected chi connectivity index (χ0v) is 32.2. The molecule has 0 radical (unpaired) electrons. The van der Waals surface area contributed by atoms with Crippen molar-refractivity contribution in [2.45, 2.75) is 0 Å². The van der Waals surface area contributed by atoms with Crippen LogP contribution in [0.3, 0.4) is 0 Å². The molecule has 13 rings (SSSR count). The lowest BCUT2D eigenvalue weighted by molar-refractivity contribution is 0.666. The highest BCUT2D eigenvalue weighted by Gasteiger charge is 2.26. The molecule has 0 aliphatic rings. The topological polar surface area (TPSA) is 56.7 Å². The fraction of sp³-hybridized carbons (Fsp3) is 0. The lowest BCUT2D eigenvalue weighted by Crippen LogP contribution is -2.04. The number of hydrogen-bond acceptors (Lipinski definition) is 4. The molecule has 3 aromatic heterocycles. The lowest BCUT2D eigenvalue weighted by Gasteiger charge is -2.17. The van der Waals surface area contributed by atoms with Crippen LogP contribution in [-0.4, -0.2) is 19.5 Å². The maximum Gasteiger partial charge on any atom is 0.166 e. The molecule has 0 aliphatic carbocycles. The van der Waals surface area contributed by atoms with Crippen molar-refractivity contribution in [2.75, 3.05) is 0 Å². The summed E-state index contributed by atoms with van der Waals surface area (Å²) in [6, 6.07) is 68.5. The Bertz CT molecular complexity index is 3810. The monoisotopic (exact) mass is 764 g/mol. The number of para-hydroxylation sites is 1. The van der Waals surface area contributed by atoms with Gasteiger partial charge in [-0.15, -0.1) is 0 Å². The third-order valence-corrected chi connectivity index (χ3v) is 12.2. The zero-order chi connectivity index (χ0) is 39.3. The fourth-order valence-corrected chi connectivity index (χ4v) is 9.45. The van der Waals surface area contributed by atoms with Gasteiger partial charge in [0.2, 0.25) is 0 Å². The second-order valence-corrected chi connectivity index (χ2v) is 15.5. The first-order valence-corrected chi connectivity index (χ1v) is 20.3. The lowest BCUT2D eigenvalue weighted by atomic mass is 10.0. The second-order valence-electron chi connectivity index (χ2n) is 15.5. The Labute approximate surface area is 343 Å². The first kappa shape index (κ1) is 32.9. The van der Waals surface area contributed by atoms with Crippen LogP contribution in [0.15, 0.2) is 199 Å². The normalized spacial score (nSPS) is 12.0. The standard InChI is InChI=1S/C55H32N4O/c1-2-17-37-32-48-47(31-36(37)16-1)42-28-27-35-15-5-8-22-40(35)50(42)59(48)51-46(30-29-43-41-23-9-10-26-49(41)60-52(43)51)55-57-53(44-24-11-18-33-13-3-6-20-38(33)44)56-54(58-55)45-25-12-19-34-14-4-7-21-39(34)45/h1-32H. The minimum Gasteiger partial charge on any atom is -0.454 e. The molecule has 0 aliphatic heterocycles. The van der Waals surface area contributed by atoms with E-state index in [1.165, 1.54) is 5.39 Å². The van der Waals surface area contributed by atoms with E-state index in [4.69, 9.17) is 19.4 Å². The number of furan rings is 1. The van der Waals surface area contributed by atoms with Crippen LogP contribution in [0, 0.1) is 0 Å². The van der Waals surface area contributed by atoms with E-state index < -0.39 is 0 Å². The van der Waals surface area contributed by atoms with Gasteiger partial charge in [0.05, 0.1) is 11.0 Å². The maximum absolute atomic E-state index is 7.02. The summed E-state index contributed by atoms with van der Waals surface area (Å²) < 4.78 is 9.44. The van der Waals surface area contributed by atoms with Crippen molar-refractivity contribution in [1.82, 2.24) is 19.5 Å². The van der Waals surface area contributed by atoms with E-state index in [2.05, 4.69) is 187 Å². The summed E-state index contributed by atoms with van der Waals surface area (Å²) in [6.45, 7) is 0. The first-order valence-electron chi connectivity index (χ1n) is 20.3. The van der Waals surface area contributed by atoms with E-state index in [0.717, 1.165) is 104 Å². The molecule has 5 heteroatoms. The molecule has 0 unspecified atom stereocenters. The van der Waals surface area contributed by atoms with E-state index in [-0.39, 0.29) is 0 Å². The molecular formula is C55H32N4O. The van der Waals surface area contributed by atoms with Crippen molar-refractivity contribution < 1.29 is 4.42 Å².